The molecule has 0 aromatic heterocycles. The summed E-state index contributed by atoms with van der Waals surface area (Å²) in [7, 11) is 1.50. The van der Waals surface area contributed by atoms with Gasteiger partial charge in [-0.15, -0.1) is 0 Å². The number of carbonyl (C=O) groups excluding carboxylic acids is 1. The summed E-state index contributed by atoms with van der Waals surface area (Å²) in [6, 6.07) is 10.0. The molecule has 3 rings (SSSR count). The highest BCUT2D eigenvalue weighted by Gasteiger charge is 2.44. The Kier molecular flexibility index (Phi) is 4.32. The van der Waals surface area contributed by atoms with E-state index < -0.39 is 11.7 Å². The summed E-state index contributed by atoms with van der Waals surface area (Å²) in [6.07, 6.45) is -3.88. The maximum absolute atomic E-state index is 12.8. The Morgan fingerprint density at radius 2 is 2.00 bits per heavy atom. The van der Waals surface area contributed by atoms with Crippen LogP contribution in [-0.2, 0) is 11.0 Å². The number of benzene rings is 2. The van der Waals surface area contributed by atoms with Crippen LogP contribution in [0.15, 0.2) is 42.5 Å². The monoisotopic (exact) mass is 350 g/mol. The van der Waals surface area contributed by atoms with Gasteiger partial charge in [0.2, 0.25) is 5.91 Å². The normalized spacial score (nSPS) is 19.4. The van der Waals surface area contributed by atoms with Crippen LogP contribution in [0.25, 0.3) is 0 Å². The first-order valence-corrected chi connectivity index (χ1v) is 7.71. The molecule has 7 heteroatoms. The van der Waals surface area contributed by atoms with Crippen molar-refractivity contribution >= 4 is 17.3 Å². The standard InChI is InChI=1S/C18H17F3N2O2/c1-25-12-5-6-15(22)16(8-12)23-17(24)14-9-13(14)10-3-2-4-11(7-10)18(19,20)21/h2-8,13-14H,9,22H2,1H3,(H,23,24). The Balaban J connectivity index is 1.71. The molecule has 0 heterocycles. The van der Waals surface area contributed by atoms with E-state index in [-0.39, 0.29) is 17.7 Å². The minimum Gasteiger partial charge on any atom is -0.497 e. The quantitative estimate of drug-likeness (QED) is 0.818. The molecular formula is C18H17F3N2O2. The number of hydrogen-bond donors (Lipinski definition) is 2. The highest BCUT2D eigenvalue weighted by Crippen LogP contribution is 2.49. The predicted octanol–water partition coefficient (Wildman–Crippen LogP) is 4.04. The lowest BCUT2D eigenvalue weighted by molar-refractivity contribution is -0.137. The van der Waals surface area contributed by atoms with E-state index in [1.165, 1.54) is 13.2 Å². The number of ether oxygens (including phenoxy) is 1. The van der Waals surface area contributed by atoms with Crippen molar-refractivity contribution in [3.63, 3.8) is 0 Å². The number of nitrogen functional groups attached to an aromatic ring is 1. The second kappa shape index (κ2) is 6.31. The van der Waals surface area contributed by atoms with Crippen LogP contribution in [0, 0.1) is 5.92 Å². The largest absolute Gasteiger partial charge is 0.497 e. The van der Waals surface area contributed by atoms with Gasteiger partial charge in [0.1, 0.15) is 5.75 Å². The van der Waals surface area contributed by atoms with E-state index >= 15 is 0 Å². The van der Waals surface area contributed by atoms with Crippen LogP contribution in [0.1, 0.15) is 23.5 Å². The molecule has 2 unspecified atom stereocenters. The lowest BCUT2D eigenvalue weighted by Gasteiger charge is -2.11. The number of anilines is 2. The van der Waals surface area contributed by atoms with Gasteiger partial charge in [0.15, 0.2) is 0 Å². The number of rotatable bonds is 4. The molecule has 2 aromatic carbocycles. The number of nitrogens with two attached hydrogens (primary N) is 1. The van der Waals surface area contributed by atoms with Crippen molar-refractivity contribution in [1.82, 2.24) is 0 Å². The van der Waals surface area contributed by atoms with Crippen LogP contribution >= 0.6 is 0 Å². The van der Waals surface area contributed by atoms with Gasteiger partial charge in [-0.05, 0) is 36.1 Å². The predicted molar refractivity (Wildman–Crippen MR) is 88.3 cm³/mol. The fraction of sp³-hybridized carbons (Fsp3) is 0.278. The zero-order valence-electron chi connectivity index (χ0n) is 13.4. The molecule has 0 bridgehead atoms. The topological polar surface area (TPSA) is 64.3 Å². The van der Waals surface area contributed by atoms with Crippen molar-refractivity contribution in [2.24, 2.45) is 5.92 Å². The molecule has 0 saturated heterocycles. The van der Waals surface area contributed by atoms with Gasteiger partial charge in [-0.25, -0.2) is 0 Å². The molecule has 0 radical (unpaired) electrons. The van der Waals surface area contributed by atoms with Gasteiger partial charge in [-0.3, -0.25) is 4.79 Å². The molecule has 3 N–H and O–H groups in total. The Bertz CT molecular complexity index is 805. The van der Waals surface area contributed by atoms with Crippen LogP contribution in [0.2, 0.25) is 0 Å². The van der Waals surface area contributed by atoms with Crippen molar-refractivity contribution in [2.75, 3.05) is 18.2 Å². The molecule has 1 amide bonds. The van der Waals surface area contributed by atoms with E-state index in [2.05, 4.69) is 5.32 Å². The molecule has 2 atom stereocenters. The molecular weight excluding hydrogens is 333 g/mol. The van der Waals surface area contributed by atoms with Crippen LogP contribution in [-0.4, -0.2) is 13.0 Å². The van der Waals surface area contributed by atoms with Crippen molar-refractivity contribution < 1.29 is 22.7 Å². The maximum atomic E-state index is 12.8. The maximum Gasteiger partial charge on any atom is 0.416 e. The van der Waals surface area contributed by atoms with Gasteiger partial charge in [-0.2, -0.15) is 13.2 Å². The van der Waals surface area contributed by atoms with E-state index in [1.54, 1.807) is 24.3 Å². The summed E-state index contributed by atoms with van der Waals surface area (Å²) >= 11 is 0. The van der Waals surface area contributed by atoms with Crippen LogP contribution in [0.4, 0.5) is 24.5 Å². The van der Waals surface area contributed by atoms with Crippen molar-refractivity contribution in [1.29, 1.82) is 0 Å². The summed E-state index contributed by atoms with van der Waals surface area (Å²) in [6.45, 7) is 0. The fourth-order valence-electron chi connectivity index (χ4n) is 2.79. The van der Waals surface area contributed by atoms with Crippen LogP contribution in [0.5, 0.6) is 5.75 Å². The second-order valence-electron chi connectivity index (χ2n) is 6.01. The molecule has 4 nitrogen and oxygen atoms in total. The Morgan fingerprint density at radius 1 is 1.24 bits per heavy atom. The first-order valence-electron chi connectivity index (χ1n) is 7.71. The first-order chi connectivity index (χ1) is 11.8. The summed E-state index contributed by atoms with van der Waals surface area (Å²) < 4.78 is 43.5. The Morgan fingerprint density at radius 3 is 2.68 bits per heavy atom. The Labute approximate surface area is 142 Å². The van der Waals surface area contributed by atoms with Gasteiger partial charge in [0, 0.05) is 12.0 Å². The molecule has 1 aliphatic rings. The highest BCUT2D eigenvalue weighted by molar-refractivity contribution is 5.97. The lowest BCUT2D eigenvalue weighted by atomic mass is 10.1. The van der Waals surface area contributed by atoms with E-state index in [1.807, 2.05) is 0 Å². The summed E-state index contributed by atoms with van der Waals surface area (Å²) in [5.74, 6) is -0.291. The molecule has 0 aliphatic heterocycles. The number of amides is 1. The molecule has 1 aliphatic carbocycles. The van der Waals surface area contributed by atoms with Gasteiger partial charge < -0.3 is 15.8 Å². The summed E-state index contributed by atoms with van der Waals surface area (Å²) in [5, 5.41) is 2.73. The SMILES string of the molecule is COc1ccc(N)c(NC(=O)C2CC2c2cccc(C(F)(F)F)c2)c1. The average Bonchev–Trinajstić information content (AvgIpc) is 3.37. The molecule has 1 fully saturated rings. The van der Waals surface area contributed by atoms with Gasteiger partial charge in [0.05, 0.1) is 24.0 Å². The molecule has 132 valence electrons. The smallest absolute Gasteiger partial charge is 0.416 e. The highest BCUT2D eigenvalue weighted by atomic mass is 19.4. The van der Waals surface area contributed by atoms with Gasteiger partial charge >= 0.3 is 6.18 Å². The fourth-order valence-corrected chi connectivity index (χ4v) is 2.79. The first kappa shape index (κ1) is 17.1. The van der Waals surface area contributed by atoms with Crippen LogP contribution in [0.3, 0.4) is 0 Å². The second-order valence-corrected chi connectivity index (χ2v) is 6.01. The molecule has 25 heavy (non-hydrogen) atoms. The Hall–Kier alpha value is -2.70. The molecule has 2 aromatic rings. The van der Waals surface area contributed by atoms with Crippen molar-refractivity contribution in [2.45, 2.75) is 18.5 Å². The summed E-state index contributed by atoms with van der Waals surface area (Å²) in [5.41, 5.74) is 6.48. The van der Waals surface area contributed by atoms with Gasteiger partial charge in [-0.1, -0.05) is 18.2 Å². The number of hydrogen-bond acceptors (Lipinski definition) is 3. The van der Waals surface area contributed by atoms with Crippen molar-refractivity contribution in [3.8, 4) is 5.75 Å². The number of halogens is 3. The van der Waals surface area contributed by atoms with Crippen molar-refractivity contribution in [3.05, 3.63) is 53.6 Å². The molecule has 1 saturated carbocycles. The van der Waals surface area contributed by atoms with E-state index in [0.717, 1.165) is 12.1 Å². The zero-order valence-corrected chi connectivity index (χ0v) is 13.4. The van der Waals surface area contributed by atoms with E-state index in [4.69, 9.17) is 10.5 Å². The van der Waals surface area contributed by atoms with E-state index in [0.29, 0.717) is 29.1 Å². The molecule has 0 spiro atoms. The zero-order chi connectivity index (χ0) is 18.2. The van der Waals surface area contributed by atoms with Gasteiger partial charge in [0.25, 0.3) is 0 Å². The average molecular weight is 350 g/mol. The minimum atomic E-state index is -4.39. The minimum absolute atomic E-state index is 0.214. The third kappa shape index (κ3) is 3.70. The van der Waals surface area contributed by atoms with E-state index in [9.17, 15) is 18.0 Å². The number of nitrogens with one attached hydrogen (secondary N) is 1. The lowest BCUT2D eigenvalue weighted by Crippen LogP contribution is -2.16. The van der Waals surface area contributed by atoms with Crippen LogP contribution < -0.4 is 15.8 Å². The number of carbonyl (C=O) groups is 1. The number of methoxy groups -OCH3 is 1. The summed E-state index contributed by atoms with van der Waals surface area (Å²) in [4.78, 5) is 12.4. The third-order valence-corrected chi connectivity index (χ3v) is 4.29. The third-order valence-electron chi connectivity index (χ3n) is 4.29. The number of alkyl halides is 3.